The number of rotatable bonds is 7. The number of para-hydroxylation sites is 1. The largest absolute Gasteiger partial charge is 0.497 e. The van der Waals surface area contributed by atoms with E-state index in [4.69, 9.17) is 9.47 Å². The SMILES string of the molecule is COc1ccc(OC)c(NC(=O)CSC(C)c2nc3ccccc3c(=O)[nH]2)c1. The molecule has 0 aliphatic carbocycles. The zero-order valence-electron chi connectivity index (χ0n) is 15.8. The standard InChI is InChI=1S/C20H21N3O4S/c1-12(19-22-15-7-5-4-6-14(15)20(25)23-19)28-11-18(24)21-16-10-13(26-2)8-9-17(16)27-3/h4-10,12H,11H2,1-3H3,(H,21,24)(H,22,23,25). The number of thioether (sulfide) groups is 1. The smallest absolute Gasteiger partial charge is 0.258 e. The maximum Gasteiger partial charge on any atom is 0.258 e. The lowest BCUT2D eigenvalue weighted by molar-refractivity contribution is -0.113. The Balaban J connectivity index is 1.67. The van der Waals surface area contributed by atoms with Gasteiger partial charge in [0.15, 0.2) is 0 Å². The lowest BCUT2D eigenvalue weighted by Crippen LogP contribution is -2.17. The molecule has 2 N–H and O–H groups in total. The Morgan fingerprint density at radius 2 is 2.00 bits per heavy atom. The van der Waals surface area contributed by atoms with E-state index in [0.717, 1.165) is 0 Å². The summed E-state index contributed by atoms with van der Waals surface area (Å²) in [5.74, 6) is 1.72. The molecule has 0 radical (unpaired) electrons. The number of hydrogen-bond acceptors (Lipinski definition) is 6. The van der Waals surface area contributed by atoms with Gasteiger partial charge in [-0.3, -0.25) is 9.59 Å². The third-order valence-electron chi connectivity index (χ3n) is 4.16. The minimum atomic E-state index is -0.188. The number of amides is 1. The third-order valence-corrected chi connectivity index (χ3v) is 5.31. The van der Waals surface area contributed by atoms with Gasteiger partial charge in [-0.05, 0) is 31.2 Å². The van der Waals surface area contributed by atoms with Gasteiger partial charge in [-0.1, -0.05) is 12.1 Å². The van der Waals surface area contributed by atoms with Gasteiger partial charge in [0, 0.05) is 6.07 Å². The summed E-state index contributed by atoms with van der Waals surface area (Å²) in [4.78, 5) is 31.9. The fourth-order valence-electron chi connectivity index (χ4n) is 2.67. The topological polar surface area (TPSA) is 93.3 Å². The molecule has 7 nitrogen and oxygen atoms in total. The van der Waals surface area contributed by atoms with Crippen LogP contribution in [0.4, 0.5) is 5.69 Å². The van der Waals surface area contributed by atoms with E-state index in [1.165, 1.54) is 18.9 Å². The van der Waals surface area contributed by atoms with Crippen molar-refractivity contribution in [1.82, 2.24) is 9.97 Å². The number of aromatic amines is 1. The Morgan fingerprint density at radius 3 is 2.75 bits per heavy atom. The molecule has 0 saturated carbocycles. The Bertz CT molecular complexity index is 1050. The number of methoxy groups -OCH3 is 2. The third kappa shape index (κ3) is 4.45. The van der Waals surface area contributed by atoms with Gasteiger partial charge in [-0.25, -0.2) is 4.98 Å². The van der Waals surface area contributed by atoms with Crippen molar-refractivity contribution in [2.75, 3.05) is 25.3 Å². The van der Waals surface area contributed by atoms with E-state index in [-0.39, 0.29) is 22.5 Å². The fourth-order valence-corrected chi connectivity index (χ4v) is 3.42. The van der Waals surface area contributed by atoms with E-state index in [1.54, 1.807) is 43.5 Å². The highest BCUT2D eigenvalue weighted by Crippen LogP contribution is 2.30. The summed E-state index contributed by atoms with van der Waals surface area (Å²) in [6.45, 7) is 1.90. The van der Waals surface area contributed by atoms with Crippen LogP contribution >= 0.6 is 11.8 Å². The molecule has 0 aliphatic heterocycles. The van der Waals surface area contributed by atoms with E-state index < -0.39 is 0 Å². The second-order valence-corrected chi connectivity index (χ2v) is 7.37. The van der Waals surface area contributed by atoms with Crippen LogP contribution in [-0.2, 0) is 4.79 Å². The molecule has 0 fully saturated rings. The fraction of sp³-hybridized carbons (Fsp3) is 0.250. The first kappa shape index (κ1) is 19.8. The van der Waals surface area contributed by atoms with E-state index in [9.17, 15) is 9.59 Å². The molecule has 0 aliphatic rings. The van der Waals surface area contributed by atoms with Gasteiger partial charge in [-0.15, -0.1) is 11.8 Å². The molecule has 3 rings (SSSR count). The number of nitrogens with zero attached hydrogens (tertiary/aromatic N) is 1. The lowest BCUT2D eigenvalue weighted by atomic mass is 10.2. The Hall–Kier alpha value is -3.00. The number of H-pyrrole nitrogens is 1. The van der Waals surface area contributed by atoms with Crippen LogP contribution < -0.4 is 20.3 Å². The first-order valence-electron chi connectivity index (χ1n) is 8.64. The summed E-state index contributed by atoms with van der Waals surface area (Å²) in [7, 11) is 3.10. The van der Waals surface area contributed by atoms with Crippen molar-refractivity contribution in [3.05, 3.63) is 58.6 Å². The summed E-state index contributed by atoms with van der Waals surface area (Å²) in [5.41, 5.74) is 0.996. The molecule has 1 atom stereocenters. The minimum Gasteiger partial charge on any atom is -0.497 e. The lowest BCUT2D eigenvalue weighted by Gasteiger charge is -2.13. The molecule has 3 aromatic rings. The van der Waals surface area contributed by atoms with E-state index in [0.29, 0.717) is 33.9 Å². The molecule has 0 saturated heterocycles. The highest BCUT2D eigenvalue weighted by molar-refractivity contribution is 8.00. The average Bonchev–Trinajstić information content (AvgIpc) is 2.71. The number of carbonyl (C=O) groups is 1. The van der Waals surface area contributed by atoms with E-state index in [2.05, 4.69) is 15.3 Å². The number of anilines is 1. The maximum absolute atomic E-state index is 12.4. The quantitative estimate of drug-likeness (QED) is 0.633. The molecular formula is C20H21N3O4S. The van der Waals surface area contributed by atoms with Crippen LogP contribution in [0.25, 0.3) is 10.9 Å². The number of nitrogens with one attached hydrogen (secondary N) is 2. The van der Waals surface area contributed by atoms with Crippen molar-refractivity contribution in [1.29, 1.82) is 0 Å². The molecule has 0 spiro atoms. The monoisotopic (exact) mass is 399 g/mol. The Labute approximate surface area is 166 Å². The molecule has 1 heterocycles. The Kier molecular flexibility index (Phi) is 6.20. The number of carbonyl (C=O) groups excluding carboxylic acids is 1. The van der Waals surface area contributed by atoms with Gasteiger partial charge in [0.1, 0.15) is 17.3 Å². The van der Waals surface area contributed by atoms with Crippen LogP contribution in [-0.4, -0.2) is 35.8 Å². The zero-order chi connectivity index (χ0) is 20.1. The van der Waals surface area contributed by atoms with Gasteiger partial charge in [0.2, 0.25) is 5.91 Å². The summed E-state index contributed by atoms with van der Waals surface area (Å²) in [6.07, 6.45) is 0. The van der Waals surface area contributed by atoms with Gasteiger partial charge in [0.25, 0.3) is 5.56 Å². The van der Waals surface area contributed by atoms with E-state index in [1.807, 2.05) is 13.0 Å². The number of aromatic nitrogens is 2. The van der Waals surface area contributed by atoms with Gasteiger partial charge < -0.3 is 19.8 Å². The normalized spacial score (nSPS) is 11.8. The summed E-state index contributed by atoms with van der Waals surface area (Å²) in [5, 5.41) is 3.22. The summed E-state index contributed by atoms with van der Waals surface area (Å²) in [6, 6.07) is 12.4. The van der Waals surface area contributed by atoms with Crippen LogP contribution in [0.5, 0.6) is 11.5 Å². The predicted molar refractivity (Wildman–Crippen MR) is 111 cm³/mol. The number of fused-ring (bicyclic) bond motifs is 1. The second kappa shape index (κ2) is 8.79. The maximum atomic E-state index is 12.4. The Morgan fingerprint density at radius 1 is 1.21 bits per heavy atom. The molecule has 8 heteroatoms. The molecule has 1 unspecified atom stereocenters. The molecule has 1 aromatic heterocycles. The van der Waals surface area contributed by atoms with Crippen LogP contribution in [0.2, 0.25) is 0 Å². The second-order valence-electron chi connectivity index (χ2n) is 6.04. The molecule has 0 bridgehead atoms. The van der Waals surface area contributed by atoms with Crippen molar-refractivity contribution in [3.63, 3.8) is 0 Å². The number of benzene rings is 2. The first-order valence-corrected chi connectivity index (χ1v) is 9.69. The first-order chi connectivity index (χ1) is 13.5. The molecule has 146 valence electrons. The molecule has 1 amide bonds. The highest BCUT2D eigenvalue weighted by Gasteiger charge is 2.15. The van der Waals surface area contributed by atoms with Crippen LogP contribution in [0, 0.1) is 0 Å². The van der Waals surface area contributed by atoms with Crippen LogP contribution in [0.15, 0.2) is 47.3 Å². The average molecular weight is 399 g/mol. The van der Waals surface area contributed by atoms with Gasteiger partial charge in [0.05, 0.1) is 41.8 Å². The molecular weight excluding hydrogens is 378 g/mol. The van der Waals surface area contributed by atoms with Crippen LogP contribution in [0.1, 0.15) is 18.0 Å². The van der Waals surface area contributed by atoms with Crippen molar-refractivity contribution in [3.8, 4) is 11.5 Å². The molecule has 28 heavy (non-hydrogen) atoms. The summed E-state index contributed by atoms with van der Waals surface area (Å²) < 4.78 is 10.5. The minimum absolute atomic E-state index is 0.157. The van der Waals surface area contributed by atoms with E-state index >= 15 is 0 Å². The van der Waals surface area contributed by atoms with Gasteiger partial charge in [-0.2, -0.15) is 0 Å². The zero-order valence-corrected chi connectivity index (χ0v) is 16.6. The van der Waals surface area contributed by atoms with Crippen LogP contribution in [0.3, 0.4) is 0 Å². The number of ether oxygens (including phenoxy) is 2. The van der Waals surface area contributed by atoms with Crippen molar-refractivity contribution < 1.29 is 14.3 Å². The van der Waals surface area contributed by atoms with Crippen molar-refractivity contribution in [2.45, 2.75) is 12.2 Å². The highest BCUT2D eigenvalue weighted by atomic mass is 32.2. The molecule has 2 aromatic carbocycles. The van der Waals surface area contributed by atoms with Crippen molar-refractivity contribution in [2.24, 2.45) is 0 Å². The predicted octanol–water partition coefficient (Wildman–Crippen LogP) is 3.37. The van der Waals surface area contributed by atoms with Crippen molar-refractivity contribution >= 4 is 34.3 Å². The number of hydrogen-bond donors (Lipinski definition) is 2. The van der Waals surface area contributed by atoms with Gasteiger partial charge >= 0.3 is 0 Å². The summed E-state index contributed by atoms with van der Waals surface area (Å²) >= 11 is 1.38.